The fourth-order valence-electron chi connectivity index (χ4n) is 3.62. The summed E-state index contributed by atoms with van der Waals surface area (Å²) in [7, 11) is 0. The maximum Gasteiger partial charge on any atom is 0.00290 e. The van der Waals surface area contributed by atoms with Crippen LogP contribution in [0.5, 0.6) is 0 Å². The molecule has 0 heterocycles. The van der Waals surface area contributed by atoms with Crippen molar-refractivity contribution in [1.82, 2.24) is 0 Å². The van der Waals surface area contributed by atoms with Gasteiger partial charge in [0, 0.05) is 4.43 Å². The summed E-state index contributed by atoms with van der Waals surface area (Å²) in [5.41, 5.74) is 0. The molecule has 0 N–H and O–H groups in total. The molecule has 0 aliphatic heterocycles. The average Bonchev–Trinajstić information content (AvgIpc) is 2.36. The van der Waals surface area contributed by atoms with Crippen molar-refractivity contribution in [3.05, 3.63) is 0 Å². The Morgan fingerprint density at radius 3 is 2.42 bits per heavy atom. The molecule has 0 amide bonds. The predicted octanol–water partition coefficient (Wildman–Crippen LogP) is 3.88. The highest BCUT2D eigenvalue weighted by Crippen LogP contribution is 2.51. The zero-order chi connectivity index (χ0) is 8.55. The summed E-state index contributed by atoms with van der Waals surface area (Å²) < 4.78 is 1.41. The Morgan fingerprint density at radius 2 is 1.83 bits per heavy atom. The minimum Gasteiger partial charge on any atom is -0.0861 e. The van der Waals surface area contributed by atoms with E-state index >= 15 is 0 Å². The maximum absolute atomic E-state index is 2.60. The van der Waals surface area contributed by atoms with Crippen molar-refractivity contribution >= 4 is 22.6 Å². The third-order valence-electron chi connectivity index (χ3n) is 4.17. The summed E-state index contributed by atoms with van der Waals surface area (Å²) in [5.74, 6) is 4.41. The Kier molecular flexibility index (Phi) is 2.98. The van der Waals surface area contributed by atoms with E-state index in [-0.39, 0.29) is 0 Å². The number of alkyl halides is 1. The smallest absolute Gasteiger partial charge is 0.00290 e. The van der Waals surface area contributed by atoms with Crippen LogP contribution in [0.25, 0.3) is 0 Å². The normalized spacial score (nSPS) is 46.5. The number of rotatable bonds is 2. The first kappa shape index (κ1) is 9.29. The van der Waals surface area contributed by atoms with E-state index in [4.69, 9.17) is 0 Å². The van der Waals surface area contributed by atoms with Crippen LogP contribution in [-0.2, 0) is 0 Å². The van der Waals surface area contributed by atoms with E-state index < -0.39 is 0 Å². The van der Waals surface area contributed by atoms with E-state index in [1.807, 2.05) is 0 Å². The van der Waals surface area contributed by atoms with Gasteiger partial charge < -0.3 is 0 Å². The highest BCUT2D eigenvalue weighted by atomic mass is 127. The van der Waals surface area contributed by atoms with Crippen molar-refractivity contribution < 1.29 is 0 Å². The summed E-state index contributed by atoms with van der Waals surface area (Å²) in [6.07, 6.45) is 7.63. The topological polar surface area (TPSA) is 0 Å². The minimum atomic E-state index is 1.09. The molecular weight excluding hydrogens is 259 g/mol. The molecule has 4 atom stereocenters. The lowest BCUT2D eigenvalue weighted by Gasteiger charge is -2.20. The first-order chi connectivity index (χ1) is 5.86. The molecule has 4 unspecified atom stereocenters. The van der Waals surface area contributed by atoms with Crippen LogP contribution in [0, 0.1) is 23.7 Å². The van der Waals surface area contributed by atoms with Gasteiger partial charge in [0.15, 0.2) is 0 Å². The van der Waals surface area contributed by atoms with Crippen LogP contribution < -0.4 is 0 Å². The highest BCUT2D eigenvalue weighted by Gasteiger charge is 2.43. The lowest BCUT2D eigenvalue weighted by molar-refractivity contribution is 0.313. The monoisotopic (exact) mass is 278 g/mol. The molecule has 2 fully saturated rings. The molecule has 0 saturated heterocycles. The van der Waals surface area contributed by atoms with Crippen molar-refractivity contribution in [1.29, 1.82) is 0 Å². The third kappa shape index (κ3) is 1.42. The zero-order valence-electron chi connectivity index (χ0n) is 7.93. The Labute approximate surface area is 89.6 Å². The fraction of sp³-hybridized carbons (Fsp3) is 1.00. The van der Waals surface area contributed by atoms with E-state index in [0.717, 1.165) is 23.7 Å². The molecule has 0 spiro atoms. The minimum absolute atomic E-state index is 1.09. The molecule has 0 aromatic carbocycles. The summed E-state index contributed by atoms with van der Waals surface area (Å²) in [5, 5.41) is 0. The fourth-order valence-corrected chi connectivity index (χ4v) is 4.99. The summed E-state index contributed by atoms with van der Waals surface area (Å²) in [6, 6.07) is 0. The number of halogens is 1. The second-order valence-electron chi connectivity index (χ2n) is 4.58. The molecule has 0 aromatic rings. The average molecular weight is 278 g/mol. The van der Waals surface area contributed by atoms with E-state index in [1.54, 1.807) is 19.3 Å². The van der Waals surface area contributed by atoms with Crippen LogP contribution in [0.1, 0.15) is 39.0 Å². The van der Waals surface area contributed by atoms with Gasteiger partial charge in [-0.3, -0.25) is 0 Å². The van der Waals surface area contributed by atoms with Gasteiger partial charge >= 0.3 is 0 Å². The zero-order valence-corrected chi connectivity index (χ0v) is 10.1. The number of fused-ring (bicyclic) bond motifs is 2. The van der Waals surface area contributed by atoms with Crippen LogP contribution in [0.3, 0.4) is 0 Å². The third-order valence-corrected chi connectivity index (χ3v) is 5.18. The molecule has 2 saturated carbocycles. The van der Waals surface area contributed by atoms with Gasteiger partial charge in [0.1, 0.15) is 0 Å². The maximum atomic E-state index is 2.60. The van der Waals surface area contributed by atoms with Gasteiger partial charge in [-0.2, -0.15) is 0 Å². The second-order valence-corrected chi connectivity index (χ2v) is 5.46. The van der Waals surface area contributed by atoms with Gasteiger partial charge in [-0.15, -0.1) is 0 Å². The van der Waals surface area contributed by atoms with E-state index in [2.05, 4.69) is 29.5 Å². The predicted molar refractivity (Wildman–Crippen MR) is 61.6 cm³/mol. The van der Waals surface area contributed by atoms with Gasteiger partial charge in [0.25, 0.3) is 0 Å². The van der Waals surface area contributed by atoms with Crippen LogP contribution >= 0.6 is 22.6 Å². The lowest BCUT2D eigenvalue weighted by Crippen LogP contribution is -2.16. The summed E-state index contributed by atoms with van der Waals surface area (Å²) in [4.78, 5) is 0. The van der Waals surface area contributed by atoms with E-state index in [9.17, 15) is 0 Å². The van der Waals surface area contributed by atoms with Crippen LogP contribution in [0.4, 0.5) is 0 Å². The molecular formula is C11H19I. The standard InChI is InChI=1S/C11H19I/c1-2-10-8-4-3-5-9(6-8)11(10)7-12/h8-11H,2-7H2,1H3. The quantitative estimate of drug-likeness (QED) is 0.531. The van der Waals surface area contributed by atoms with Crippen molar-refractivity contribution in [2.45, 2.75) is 39.0 Å². The van der Waals surface area contributed by atoms with Gasteiger partial charge in [-0.05, 0) is 30.1 Å². The van der Waals surface area contributed by atoms with E-state index in [1.165, 1.54) is 17.3 Å². The molecule has 70 valence electrons. The van der Waals surface area contributed by atoms with Gasteiger partial charge in [-0.1, -0.05) is 55.2 Å². The largest absolute Gasteiger partial charge is 0.0861 e. The molecule has 0 aromatic heterocycles. The SMILES string of the molecule is CCC1C2CCCC(C2)C1CI. The molecule has 2 aliphatic rings. The first-order valence-corrected chi connectivity index (χ1v) is 6.95. The Hall–Kier alpha value is 0.730. The summed E-state index contributed by atoms with van der Waals surface area (Å²) >= 11 is 2.60. The summed E-state index contributed by atoms with van der Waals surface area (Å²) in [6.45, 7) is 2.39. The van der Waals surface area contributed by atoms with Crippen LogP contribution in [0.2, 0.25) is 0 Å². The molecule has 12 heavy (non-hydrogen) atoms. The highest BCUT2D eigenvalue weighted by molar-refractivity contribution is 14.1. The van der Waals surface area contributed by atoms with Gasteiger partial charge in [0.05, 0.1) is 0 Å². The second kappa shape index (κ2) is 3.85. The molecule has 2 rings (SSSR count). The lowest BCUT2D eigenvalue weighted by atomic mass is 9.86. The number of hydrogen-bond acceptors (Lipinski definition) is 0. The molecule has 0 radical (unpaired) electrons. The van der Waals surface area contributed by atoms with Gasteiger partial charge in [-0.25, -0.2) is 0 Å². The van der Waals surface area contributed by atoms with Crippen molar-refractivity contribution in [3.63, 3.8) is 0 Å². The Bertz CT molecular complexity index is 139. The molecule has 1 heteroatoms. The van der Waals surface area contributed by atoms with Crippen LogP contribution in [-0.4, -0.2) is 4.43 Å². The Morgan fingerprint density at radius 1 is 1.17 bits per heavy atom. The molecule has 2 aliphatic carbocycles. The molecule has 2 bridgehead atoms. The van der Waals surface area contributed by atoms with Crippen molar-refractivity contribution in [2.24, 2.45) is 23.7 Å². The van der Waals surface area contributed by atoms with Crippen molar-refractivity contribution in [2.75, 3.05) is 4.43 Å². The van der Waals surface area contributed by atoms with Crippen molar-refractivity contribution in [3.8, 4) is 0 Å². The van der Waals surface area contributed by atoms with E-state index in [0.29, 0.717) is 0 Å². The Balaban J connectivity index is 2.10. The first-order valence-electron chi connectivity index (χ1n) is 5.42. The van der Waals surface area contributed by atoms with Crippen LogP contribution in [0.15, 0.2) is 0 Å². The molecule has 0 nitrogen and oxygen atoms in total. The number of hydrogen-bond donors (Lipinski definition) is 0. The van der Waals surface area contributed by atoms with Gasteiger partial charge in [0.2, 0.25) is 0 Å².